The summed E-state index contributed by atoms with van der Waals surface area (Å²) in [6.07, 6.45) is 0.288. The van der Waals surface area contributed by atoms with Gasteiger partial charge in [-0.3, -0.25) is 14.3 Å². The van der Waals surface area contributed by atoms with Crippen LogP contribution in [0.4, 0.5) is 14.5 Å². The molecule has 2 amide bonds. The number of hydrogen-bond donors (Lipinski definition) is 2. The average Bonchev–Trinajstić information content (AvgIpc) is 3.36. The van der Waals surface area contributed by atoms with Crippen molar-refractivity contribution in [2.75, 3.05) is 5.32 Å². The summed E-state index contributed by atoms with van der Waals surface area (Å²) in [4.78, 5) is 29.2. The molecule has 0 bridgehead atoms. The zero-order valence-corrected chi connectivity index (χ0v) is 16.8. The lowest BCUT2D eigenvalue weighted by atomic mass is 10.0. The van der Waals surface area contributed by atoms with Crippen molar-refractivity contribution in [2.45, 2.75) is 38.7 Å². The molecule has 1 aliphatic rings. The summed E-state index contributed by atoms with van der Waals surface area (Å²) < 4.78 is 28.0. The number of anilines is 1. The van der Waals surface area contributed by atoms with Gasteiger partial charge >= 0.3 is 0 Å². The van der Waals surface area contributed by atoms with E-state index in [1.54, 1.807) is 6.92 Å². The second-order valence-electron chi connectivity index (χ2n) is 6.67. The Labute approximate surface area is 172 Å². The average molecular weight is 440 g/mol. The molecule has 0 saturated heterocycles. The van der Waals surface area contributed by atoms with Gasteiger partial charge in [-0.25, -0.2) is 13.8 Å². The number of primary amides is 1. The van der Waals surface area contributed by atoms with E-state index in [1.165, 1.54) is 16.9 Å². The Balaban J connectivity index is 1.88. The van der Waals surface area contributed by atoms with E-state index in [2.05, 4.69) is 15.4 Å². The van der Waals surface area contributed by atoms with Crippen LogP contribution in [0, 0.1) is 0 Å². The molecule has 3 aromatic rings. The molecule has 3 N–H and O–H groups in total. The monoisotopic (exact) mass is 439 g/mol. The maximum absolute atomic E-state index is 13.3. The Morgan fingerprint density at radius 1 is 1.45 bits per heavy atom. The quantitative estimate of drug-likeness (QED) is 0.596. The number of fused-ring (bicyclic) bond motifs is 1. The SMILES string of the molecule is CCn1ncc(Cl)c1C(=O)Nc1c(C(N)=O)sc2nc(C(F)F)cc(C3CC3)c12. The first-order valence-electron chi connectivity index (χ1n) is 8.89. The van der Waals surface area contributed by atoms with Crippen molar-refractivity contribution >= 4 is 50.7 Å². The van der Waals surface area contributed by atoms with E-state index in [0.717, 1.165) is 24.2 Å². The smallest absolute Gasteiger partial charge is 0.280 e. The number of alkyl halides is 2. The molecule has 1 aliphatic carbocycles. The molecule has 0 radical (unpaired) electrons. The molecule has 4 rings (SSSR count). The summed E-state index contributed by atoms with van der Waals surface area (Å²) in [5.41, 5.74) is 6.09. The fourth-order valence-electron chi connectivity index (χ4n) is 3.27. The predicted molar refractivity (Wildman–Crippen MR) is 106 cm³/mol. The lowest BCUT2D eigenvalue weighted by Gasteiger charge is -2.11. The molecule has 11 heteroatoms. The van der Waals surface area contributed by atoms with E-state index in [-0.39, 0.29) is 37.7 Å². The molecule has 3 aromatic heterocycles. The largest absolute Gasteiger partial charge is 0.365 e. The normalized spacial score (nSPS) is 14.0. The van der Waals surface area contributed by atoms with Gasteiger partial charge in [-0.2, -0.15) is 5.10 Å². The van der Waals surface area contributed by atoms with Crippen LogP contribution in [0.1, 0.15) is 63.5 Å². The highest BCUT2D eigenvalue weighted by Crippen LogP contribution is 2.48. The lowest BCUT2D eigenvalue weighted by molar-refractivity contribution is 0.100. The van der Waals surface area contributed by atoms with Gasteiger partial charge < -0.3 is 11.1 Å². The van der Waals surface area contributed by atoms with E-state index in [1.807, 2.05) is 0 Å². The van der Waals surface area contributed by atoms with Gasteiger partial charge in [-0.05, 0) is 37.3 Å². The number of nitrogens with one attached hydrogen (secondary N) is 1. The number of hydrogen-bond acceptors (Lipinski definition) is 5. The summed E-state index contributed by atoms with van der Waals surface area (Å²) in [7, 11) is 0. The summed E-state index contributed by atoms with van der Waals surface area (Å²) in [6.45, 7) is 2.21. The molecule has 0 aliphatic heterocycles. The topological polar surface area (TPSA) is 103 Å². The number of carbonyl (C=O) groups is 2. The molecule has 1 fully saturated rings. The standard InChI is InChI=1S/C18H16ClF2N5O2S/c1-2-26-13(9(19)6-23-26)17(28)25-12-11-8(7-3-4-7)5-10(15(20)21)24-18(11)29-14(12)16(22)27/h5-7,15H,2-4H2,1H3,(H2,22,27)(H,25,28). The van der Waals surface area contributed by atoms with Crippen molar-refractivity contribution < 1.29 is 18.4 Å². The van der Waals surface area contributed by atoms with Gasteiger partial charge in [0.1, 0.15) is 21.1 Å². The number of aromatic nitrogens is 3. The number of rotatable bonds is 6. The summed E-state index contributed by atoms with van der Waals surface area (Å²) in [6, 6.07) is 1.35. The van der Waals surface area contributed by atoms with Gasteiger partial charge in [-0.15, -0.1) is 11.3 Å². The third-order valence-corrected chi connectivity index (χ3v) is 6.10. The van der Waals surface area contributed by atoms with Crippen LogP contribution in [0.3, 0.4) is 0 Å². The number of carbonyl (C=O) groups excluding carboxylic acids is 2. The number of aryl methyl sites for hydroxylation is 1. The number of nitrogens with two attached hydrogens (primary N) is 1. The molecular weight excluding hydrogens is 424 g/mol. The van der Waals surface area contributed by atoms with Gasteiger partial charge in [0, 0.05) is 11.9 Å². The highest BCUT2D eigenvalue weighted by molar-refractivity contribution is 7.21. The maximum atomic E-state index is 13.3. The molecular formula is C18H16ClF2N5O2S. The second-order valence-corrected chi connectivity index (χ2v) is 8.08. The fourth-order valence-corrected chi connectivity index (χ4v) is 4.52. The minimum absolute atomic E-state index is 0.0489. The van der Waals surface area contributed by atoms with Crippen molar-refractivity contribution in [2.24, 2.45) is 5.73 Å². The van der Waals surface area contributed by atoms with Crippen LogP contribution in [-0.4, -0.2) is 26.6 Å². The van der Waals surface area contributed by atoms with E-state index in [9.17, 15) is 18.4 Å². The third kappa shape index (κ3) is 3.46. The molecule has 3 heterocycles. The van der Waals surface area contributed by atoms with Gasteiger partial charge in [0.2, 0.25) is 0 Å². The van der Waals surface area contributed by atoms with Gasteiger partial charge in [0.15, 0.2) is 0 Å². The second kappa shape index (κ2) is 7.34. The van der Waals surface area contributed by atoms with Crippen molar-refractivity contribution in [1.82, 2.24) is 14.8 Å². The Morgan fingerprint density at radius 3 is 2.76 bits per heavy atom. The van der Waals surface area contributed by atoms with Crippen LogP contribution in [0.25, 0.3) is 10.2 Å². The number of thiophene rings is 1. The molecule has 29 heavy (non-hydrogen) atoms. The number of nitrogens with zero attached hydrogens (tertiary/aromatic N) is 3. The molecule has 0 spiro atoms. The van der Waals surface area contributed by atoms with Gasteiger partial charge in [0.25, 0.3) is 18.2 Å². The van der Waals surface area contributed by atoms with Gasteiger partial charge in [0.05, 0.1) is 16.9 Å². The van der Waals surface area contributed by atoms with Crippen molar-refractivity contribution in [3.63, 3.8) is 0 Å². The first-order chi connectivity index (χ1) is 13.8. The molecule has 152 valence electrons. The van der Waals surface area contributed by atoms with Crippen molar-refractivity contribution in [3.8, 4) is 0 Å². The van der Waals surface area contributed by atoms with Gasteiger partial charge in [-0.1, -0.05) is 11.6 Å². The first-order valence-corrected chi connectivity index (χ1v) is 10.1. The lowest BCUT2D eigenvalue weighted by Crippen LogP contribution is -2.20. The fraction of sp³-hybridized carbons (Fsp3) is 0.333. The predicted octanol–water partition coefficient (Wildman–Crippen LogP) is 4.33. The highest BCUT2D eigenvalue weighted by atomic mass is 35.5. The highest BCUT2D eigenvalue weighted by Gasteiger charge is 2.32. The molecule has 7 nitrogen and oxygen atoms in total. The van der Waals surface area contributed by atoms with Crippen LogP contribution in [0.2, 0.25) is 5.02 Å². The maximum Gasteiger partial charge on any atom is 0.280 e. The van der Waals surface area contributed by atoms with Crippen molar-refractivity contribution in [1.29, 1.82) is 0 Å². The first kappa shape index (κ1) is 19.7. The van der Waals surface area contributed by atoms with Crippen LogP contribution >= 0.6 is 22.9 Å². The van der Waals surface area contributed by atoms with E-state index in [0.29, 0.717) is 17.5 Å². The Kier molecular flexibility index (Phi) is 4.99. The molecule has 0 aromatic carbocycles. The van der Waals surface area contributed by atoms with E-state index in [4.69, 9.17) is 17.3 Å². The minimum atomic E-state index is -2.74. The van der Waals surface area contributed by atoms with E-state index < -0.39 is 18.2 Å². The summed E-state index contributed by atoms with van der Waals surface area (Å²) in [5.74, 6) is -1.27. The summed E-state index contributed by atoms with van der Waals surface area (Å²) in [5, 5.41) is 7.37. The van der Waals surface area contributed by atoms with Crippen LogP contribution in [0.5, 0.6) is 0 Å². The third-order valence-electron chi connectivity index (χ3n) is 4.72. The van der Waals surface area contributed by atoms with Crippen molar-refractivity contribution in [3.05, 3.63) is 39.1 Å². The Hall–Kier alpha value is -2.59. The summed E-state index contributed by atoms with van der Waals surface area (Å²) >= 11 is 6.98. The Morgan fingerprint density at radius 2 is 2.17 bits per heavy atom. The Bertz CT molecular complexity index is 1140. The molecule has 0 atom stereocenters. The van der Waals surface area contributed by atoms with Crippen LogP contribution in [0.15, 0.2) is 12.3 Å². The van der Waals surface area contributed by atoms with Crippen LogP contribution in [-0.2, 0) is 6.54 Å². The molecule has 0 unspecified atom stereocenters. The zero-order valence-electron chi connectivity index (χ0n) is 15.2. The minimum Gasteiger partial charge on any atom is -0.365 e. The number of pyridine rings is 1. The molecule has 1 saturated carbocycles. The van der Waals surface area contributed by atoms with E-state index >= 15 is 0 Å². The number of amides is 2. The zero-order chi connectivity index (χ0) is 20.9. The van der Waals surface area contributed by atoms with Crippen LogP contribution < -0.4 is 11.1 Å². The number of halogens is 3.